The number of oxime groups is 1. The fourth-order valence-electron chi connectivity index (χ4n) is 1.29. The molecule has 1 rings (SSSR count). The lowest BCUT2D eigenvalue weighted by atomic mass is 10.0. The van der Waals surface area contributed by atoms with E-state index in [-0.39, 0.29) is 12.8 Å². The number of halogens is 3. The summed E-state index contributed by atoms with van der Waals surface area (Å²) in [7, 11) is 0. The van der Waals surface area contributed by atoms with Gasteiger partial charge in [-0.1, -0.05) is 6.08 Å². The van der Waals surface area contributed by atoms with E-state index < -0.39 is 11.7 Å². The fourth-order valence-corrected chi connectivity index (χ4v) is 1.29. The van der Waals surface area contributed by atoms with Crippen LogP contribution in [0.3, 0.4) is 0 Å². The van der Waals surface area contributed by atoms with Crippen LogP contribution in [0.2, 0.25) is 0 Å². The number of hydrogen-bond acceptors (Lipinski definition) is 3. The first-order valence-corrected chi connectivity index (χ1v) is 5.24. The molecule has 6 heteroatoms. The Morgan fingerprint density at radius 3 is 2.53 bits per heavy atom. The minimum absolute atomic E-state index is 0.0848. The molecule has 0 aromatic rings. The van der Waals surface area contributed by atoms with E-state index >= 15 is 0 Å². The number of rotatable bonds is 3. The molecule has 3 nitrogen and oxygen atoms in total. The van der Waals surface area contributed by atoms with E-state index in [0.717, 1.165) is 6.08 Å². The molecule has 0 aromatic carbocycles. The maximum Gasteiger partial charge on any atom is 0.412 e. The van der Waals surface area contributed by atoms with Gasteiger partial charge in [0.05, 0.1) is 6.61 Å². The monoisotopic (exact) mass is 249 g/mol. The van der Waals surface area contributed by atoms with Crippen molar-refractivity contribution in [2.75, 3.05) is 6.61 Å². The second-order valence-electron chi connectivity index (χ2n) is 3.46. The summed E-state index contributed by atoms with van der Waals surface area (Å²) in [6.45, 7) is 3.89. The van der Waals surface area contributed by atoms with Crippen molar-refractivity contribution < 1.29 is 22.7 Å². The molecule has 0 N–H and O–H groups in total. The Balaban J connectivity index is 2.57. The van der Waals surface area contributed by atoms with Gasteiger partial charge in [-0.15, -0.1) is 0 Å². The van der Waals surface area contributed by atoms with Gasteiger partial charge in [0.25, 0.3) is 0 Å². The fraction of sp³-hybridized carbons (Fsp3) is 0.545. The van der Waals surface area contributed by atoms with E-state index in [1.165, 1.54) is 6.08 Å². The maximum atomic E-state index is 12.3. The first-order chi connectivity index (χ1) is 7.93. The van der Waals surface area contributed by atoms with Crippen LogP contribution in [0.15, 0.2) is 28.6 Å². The van der Waals surface area contributed by atoms with Crippen LogP contribution in [0.25, 0.3) is 0 Å². The summed E-state index contributed by atoms with van der Waals surface area (Å²) in [6.07, 6.45) is -1.85. The van der Waals surface area contributed by atoms with Gasteiger partial charge in [0.15, 0.2) is 0 Å². The normalized spacial score (nSPS) is 17.4. The van der Waals surface area contributed by atoms with E-state index in [2.05, 4.69) is 5.16 Å². The molecule has 17 heavy (non-hydrogen) atoms. The van der Waals surface area contributed by atoms with Gasteiger partial charge in [-0.2, -0.15) is 13.2 Å². The second-order valence-corrected chi connectivity index (χ2v) is 3.46. The van der Waals surface area contributed by atoms with Crippen LogP contribution < -0.4 is 0 Å². The maximum absolute atomic E-state index is 12.3. The first kappa shape index (κ1) is 13.6. The van der Waals surface area contributed by atoms with Crippen LogP contribution in [0.4, 0.5) is 13.2 Å². The predicted molar refractivity (Wildman–Crippen MR) is 57.3 cm³/mol. The van der Waals surface area contributed by atoms with E-state index in [1.807, 2.05) is 0 Å². The zero-order chi connectivity index (χ0) is 12.9. The number of allylic oxidation sites excluding steroid dienone is 4. The molecule has 0 fully saturated rings. The van der Waals surface area contributed by atoms with Crippen LogP contribution in [0.5, 0.6) is 0 Å². The number of alkyl halides is 3. The van der Waals surface area contributed by atoms with Crippen LogP contribution >= 0.6 is 0 Å². The molecule has 0 heterocycles. The number of ether oxygens (including phenoxy) is 1. The SMILES string of the molecule is CCO/C(C)=N/OC1=CC=C(C(F)(F)F)CC1. The third-order valence-electron chi connectivity index (χ3n) is 2.12. The highest BCUT2D eigenvalue weighted by atomic mass is 19.4. The van der Waals surface area contributed by atoms with Gasteiger partial charge in [-0.25, -0.2) is 0 Å². The van der Waals surface area contributed by atoms with Crippen LogP contribution in [0, 0.1) is 0 Å². The number of hydrogen-bond donors (Lipinski definition) is 0. The summed E-state index contributed by atoms with van der Waals surface area (Å²) in [6, 6.07) is 0. The lowest BCUT2D eigenvalue weighted by Crippen LogP contribution is -2.14. The van der Waals surface area contributed by atoms with Crippen molar-refractivity contribution in [3.8, 4) is 0 Å². The molecular formula is C11H14F3NO2. The van der Waals surface area contributed by atoms with Crippen molar-refractivity contribution in [3.05, 3.63) is 23.5 Å². The van der Waals surface area contributed by atoms with Gasteiger partial charge in [-0.05, 0) is 24.6 Å². The smallest absolute Gasteiger partial charge is 0.412 e. The van der Waals surface area contributed by atoms with Crippen molar-refractivity contribution in [3.63, 3.8) is 0 Å². The quantitative estimate of drug-likeness (QED) is 0.435. The minimum atomic E-state index is -4.26. The number of nitrogens with zero attached hydrogens (tertiary/aromatic N) is 1. The standard InChI is InChI=1S/C11H14F3NO2/c1-3-16-8(2)15-17-10-6-4-9(5-7-10)11(12,13)14/h4,6H,3,5,7H2,1-2H3/b15-8+. The molecule has 0 unspecified atom stereocenters. The third kappa shape index (κ3) is 4.50. The Morgan fingerprint density at radius 2 is 2.06 bits per heavy atom. The largest absolute Gasteiger partial charge is 0.479 e. The van der Waals surface area contributed by atoms with Gasteiger partial charge >= 0.3 is 6.18 Å². The highest BCUT2D eigenvalue weighted by Gasteiger charge is 2.33. The van der Waals surface area contributed by atoms with Gasteiger partial charge in [0, 0.05) is 18.9 Å². The molecule has 0 aliphatic heterocycles. The van der Waals surface area contributed by atoms with E-state index in [0.29, 0.717) is 18.3 Å². The predicted octanol–water partition coefficient (Wildman–Crippen LogP) is 3.54. The molecular weight excluding hydrogens is 235 g/mol. The molecule has 0 amide bonds. The molecule has 96 valence electrons. The van der Waals surface area contributed by atoms with Gasteiger partial charge in [-0.3, -0.25) is 0 Å². The van der Waals surface area contributed by atoms with E-state index in [9.17, 15) is 13.2 Å². The summed E-state index contributed by atoms with van der Waals surface area (Å²) < 4.78 is 41.9. The topological polar surface area (TPSA) is 30.8 Å². The van der Waals surface area contributed by atoms with Crippen molar-refractivity contribution in [2.24, 2.45) is 5.16 Å². The summed E-state index contributed by atoms with van der Waals surface area (Å²) in [4.78, 5) is 4.97. The van der Waals surface area contributed by atoms with Crippen LogP contribution in [-0.4, -0.2) is 18.7 Å². The zero-order valence-corrected chi connectivity index (χ0v) is 9.67. The highest BCUT2D eigenvalue weighted by molar-refractivity contribution is 5.72. The van der Waals surface area contributed by atoms with Gasteiger partial charge < -0.3 is 9.57 Å². The summed E-state index contributed by atoms with van der Waals surface area (Å²) in [5, 5.41) is 3.64. The van der Waals surface area contributed by atoms with Crippen molar-refractivity contribution in [2.45, 2.75) is 32.9 Å². The molecule has 0 saturated carbocycles. The molecule has 1 aliphatic rings. The van der Waals surface area contributed by atoms with Crippen molar-refractivity contribution in [1.82, 2.24) is 0 Å². The average Bonchev–Trinajstić information content (AvgIpc) is 2.26. The second kappa shape index (κ2) is 5.75. The Kier molecular flexibility index (Phi) is 4.60. The lowest BCUT2D eigenvalue weighted by Gasteiger charge is -2.15. The minimum Gasteiger partial charge on any atom is -0.479 e. The summed E-state index contributed by atoms with van der Waals surface area (Å²) in [5.41, 5.74) is -0.546. The average molecular weight is 249 g/mol. The molecule has 1 aliphatic carbocycles. The highest BCUT2D eigenvalue weighted by Crippen LogP contribution is 2.32. The third-order valence-corrected chi connectivity index (χ3v) is 2.12. The first-order valence-electron chi connectivity index (χ1n) is 5.24. The molecule has 0 spiro atoms. The molecule has 0 atom stereocenters. The molecule has 0 aromatic heterocycles. The molecule has 0 bridgehead atoms. The molecule has 0 radical (unpaired) electrons. The lowest BCUT2D eigenvalue weighted by molar-refractivity contribution is -0.0944. The van der Waals surface area contributed by atoms with Gasteiger partial charge in [0.2, 0.25) is 5.90 Å². The van der Waals surface area contributed by atoms with Crippen LogP contribution in [-0.2, 0) is 9.57 Å². The van der Waals surface area contributed by atoms with Crippen molar-refractivity contribution >= 4 is 5.90 Å². The summed E-state index contributed by atoms with van der Waals surface area (Å²) >= 11 is 0. The Labute approximate surface area is 97.6 Å². The van der Waals surface area contributed by atoms with E-state index in [1.54, 1.807) is 13.8 Å². The summed E-state index contributed by atoms with van der Waals surface area (Å²) in [5.74, 6) is 0.746. The zero-order valence-electron chi connectivity index (χ0n) is 9.67. The van der Waals surface area contributed by atoms with Gasteiger partial charge in [0.1, 0.15) is 5.76 Å². The van der Waals surface area contributed by atoms with E-state index in [4.69, 9.17) is 9.57 Å². The van der Waals surface area contributed by atoms with Crippen molar-refractivity contribution in [1.29, 1.82) is 0 Å². The Bertz CT molecular complexity index is 356. The van der Waals surface area contributed by atoms with Crippen LogP contribution in [0.1, 0.15) is 26.7 Å². The Hall–Kier alpha value is -1.46. The Morgan fingerprint density at radius 1 is 1.35 bits per heavy atom. The molecule has 0 saturated heterocycles.